The van der Waals surface area contributed by atoms with Crippen molar-refractivity contribution < 1.29 is 0 Å². The maximum absolute atomic E-state index is 4.99. The van der Waals surface area contributed by atoms with E-state index in [1.54, 1.807) is 0 Å². The minimum atomic E-state index is 0.830. The normalized spacial score (nSPS) is 18.0. The van der Waals surface area contributed by atoms with Gasteiger partial charge in [0.05, 0.1) is 5.69 Å². The number of fused-ring (bicyclic) bond motifs is 1. The standard InChI is InChI=1S/C23H34N6/c1-4-11-27-13-15-29(16-14-27)22-20-10-12-28(17-19-8-6-5-7-9-19)18-21(20)24-23(25-22)26(2)3/h5-9H,4,10-18H2,1-3H3. The number of hydrogen-bond acceptors (Lipinski definition) is 6. The van der Waals surface area contributed by atoms with E-state index in [1.807, 2.05) is 19.0 Å². The number of rotatable bonds is 6. The quantitative estimate of drug-likeness (QED) is 0.750. The van der Waals surface area contributed by atoms with Crippen LogP contribution in [0.4, 0.5) is 11.8 Å². The fourth-order valence-corrected chi connectivity index (χ4v) is 4.39. The van der Waals surface area contributed by atoms with Crippen LogP contribution in [-0.2, 0) is 19.5 Å². The van der Waals surface area contributed by atoms with Gasteiger partial charge in [0.2, 0.25) is 5.95 Å². The van der Waals surface area contributed by atoms with Crippen molar-refractivity contribution >= 4 is 11.8 Å². The fourth-order valence-electron chi connectivity index (χ4n) is 4.39. The van der Waals surface area contributed by atoms with E-state index in [9.17, 15) is 0 Å². The molecular formula is C23H34N6. The Kier molecular flexibility index (Phi) is 6.31. The maximum Gasteiger partial charge on any atom is 0.227 e. The van der Waals surface area contributed by atoms with Gasteiger partial charge >= 0.3 is 0 Å². The summed E-state index contributed by atoms with van der Waals surface area (Å²) in [5, 5.41) is 0. The zero-order valence-electron chi connectivity index (χ0n) is 18.1. The highest BCUT2D eigenvalue weighted by atomic mass is 15.3. The van der Waals surface area contributed by atoms with E-state index in [0.717, 1.165) is 58.2 Å². The lowest BCUT2D eigenvalue weighted by molar-refractivity contribution is 0.239. The molecule has 0 N–H and O–H groups in total. The molecule has 0 spiro atoms. The minimum Gasteiger partial charge on any atom is -0.354 e. The number of anilines is 2. The van der Waals surface area contributed by atoms with Crippen molar-refractivity contribution in [2.45, 2.75) is 32.9 Å². The Bertz CT molecular complexity index is 799. The summed E-state index contributed by atoms with van der Waals surface area (Å²) in [4.78, 5) is 19.5. The molecule has 1 saturated heterocycles. The lowest BCUT2D eigenvalue weighted by Gasteiger charge is -2.38. The topological polar surface area (TPSA) is 38.7 Å². The van der Waals surface area contributed by atoms with Gasteiger partial charge in [0, 0.05) is 65.5 Å². The second-order valence-electron chi connectivity index (χ2n) is 8.44. The van der Waals surface area contributed by atoms with Crippen LogP contribution in [-0.4, -0.2) is 73.1 Å². The van der Waals surface area contributed by atoms with Crippen molar-refractivity contribution in [3.63, 3.8) is 0 Å². The molecule has 6 heteroatoms. The summed E-state index contributed by atoms with van der Waals surface area (Å²) >= 11 is 0. The van der Waals surface area contributed by atoms with Crippen molar-refractivity contribution in [1.29, 1.82) is 0 Å². The zero-order chi connectivity index (χ0) is 20.2. The highest BCUT2D eigenvalue weighted by molar-refractivity contribution is 5.54. The first-order valence-electron chi connectivity index (χ1n) is 10.9. The van der Waals surface area contributed by atoms with Gasteiger partial charge in [-0.15, -0.1) is 0 Å². The molecular weight excluding hydrogens is 360 g/mol. The Morgan fingerprint density at radius 1 is 0.931 bits per heavy atom. The number of nitrogens with zero attached hydrogens (tertiary/aromatic N) is 6. The SMILES string of the molecule is CCCN1CCN(c2nc(N(C)C)nc3c2CCN(Cc2ccccc2)C3)CC1. The van der Waals surface area contributed by atoms with Crippen molar-refractivity contribution in [3.8, 4) is 0 Å². The van der Waals surface area contributed by atoms with Crippen LogP contribution in [0.5, 0.6) is 0 Å². The predicted molar refractivity (Wildman–Crippen MR) is 120 cm³/mol. The maximum atomic E-state index is 4.99. The molecule has 3 heterocycles. The van der Waals surface area contributed by atoms with Crippen molar-refractivity contribution in [2.75, 3.05) is 63.2 Å². The third-order valence-corrected chi connectivity index (χ3v) is 5.97. The van der Waals surface area contributed by atoms with Gasteiger partial charge in [-0.2, -0.15) is 4.98 Å². The van der Waals surface area contributed by atoms with E-state index in [0.29, 0.717) is 0 Å². The van der Waals surface area contributed by atoms with Gasteiger partial charge in [-0.3, -0.25) is 9.80 Å². The van der Waals surface area contributed by atoms with E-state index in [1.165, 1.54) is 35.6 Å². The molecule has 29 heavy (non-hydrogen) atoms. The second kappa shape index (κ2) is 9.09. The Morgan fingerprint density at radius 3 is 2.38 bits per heavy atom. The van der Waals surface area contributed by atoms with Gasteiger partial charge in [0.25, 0.3) is 0 Å². The lowest BCUT2D eigenvalue weighted by Crippen LogP contribution is -2.47. The molecule has 0 atom stereocenters. The van der Waals surface area contributed by atoms with Gasteiger partial charge < -0.3 is 9.80 Å². The highest BCUT2D eigenvalue weighted by Crippen LogP contribution is 2.29. The molecule has 2 aromatic rings. The molecule has 0 radical (unpaired) electrons. The van der Waals surface area contributed by atoms with Crippen LogP contribution in [0, 0.1) is 0 Å². The fraction of sp³-hybridized carbons (Fsp3) is 0.565. The molecule has 1 aromatic heterocycles. The molecule has 6 nitrogen and oxygen atoms in total. The largest absolute Gasteiger partial charge is 0.354 e. The van der Waals surface area contributed by atoms with E-state index in [-0.39, 0.29) is 0 Å². The van der Waals surface area contributed by atoms with Crippen LogP contribution < -0.4 is 9.80 Å². The Hall–Kier alpha value is -2.18. The number of hydrogen-bond donors (Lipinski definition) is 0. The summed E-state index contributed by atoms with van der Waals surface area (Å²) in [5.74, 6) is 2.01. The molecule has 0 bridgehead atoms. The van der Waals surface area contributed by atoms with Crippen LogP contribution in [0.15, 0.2) is 30.3 Å². The summed E-state index contributed by atoms with van der Waals surface area (Å²) in [6.07, 6.45) is 2.26. The zero-order valence-corrected chi connectivity index (χ0v) is 18.1. The van der Waals surface area contributed by atoms with Crippen molar-refractivity contribution in [2.24, 2.45) is 0 Å². The van der Waals surface area contributed by atoms with E-state index >= 15 is 0 Å². The Balaban J connectivity index is 1.55. The average Bonchev–Trinajstić information content (AvgIpc) is 2.74. The monoisotopic (exact) mass is 394 g/mol. The van der Waals surface area contributed by atoms with Gasteiger partial charge in [0.15, 0.2) is 0 Å². The van der Waals surface area contributed by atoms with Gasteiger partial charge in [-0.05, 0) is 24.9 Å². The van der Waals surface area contributed by atoms with Crippen molar-refractivity contribution in [1.82, 2.24) is 19.8 Å². The summed E-state index contributed by atoms with van der Waals surface area (Å²) < 4.78 is 0. The third kappa shape index (κ3) is 4.70. The first kappa shape index (κ1) is 20.1. The summed E-state index contributed by atoms with van der Waals surface area (Å²) in [6, 6.07) is 10.7. The molecule has 0 saturated carbocycles. The molecule has 1 aromatic carbocycles. The number of piperazine rings is 1. The average molecular weight is 395 g/mol. The third-order valence-electron chi connectivity index (χ3n) is 5.97. The van der Waals surface area contributed by atoms with Gasteiger partial charge in [-0.25, -0.2) is 4.98 Å². The van der Waals surface area contributed by atoms with Gasteiger partial charge in [0.1, 0.15) is 5.82 Å². The molecule has 1 fully saturated rings. The van der Waals surface area contributed by atoms with Crippen molar-refractivity contribution in [3.05, 3.63) is 47.2 Å². The molecule has 4 rings (SSSR count). The Morgan fingerprint density at radius 2 is 1.69 bits per heavy atom. The molecule has 156 valence electrons. The molecule has 0 amide bonds. The number of benzene rings is 1. The molecule has 0 unspecified atom stereocenters. The van der Waals surface area contributed by atoms with Gasteiger partial charge in [-0.1, -0.05) is 37.3 Å². The predicted octanol–water partition coefficient (Wildman–Crippen LogP) is 2.63. The summed E-state index contributed by atoms with van der Waals surface area (Å²) in [7, 11) is 4.07. The van der Waals surface area contributed by atoms with Crippen LogP contribution >= 0.6 is 0 Å². The summed E-state index contributed by atoms with van der Waals surface area (Å²) in [6.45, 7) is 10.8. The van der Waals surface area contributed by atoms with Crippen LogP contribution in [0.25, 0.3) is 0 Å². The Labute approximate surface area is 175 Å². The van der Waals surface area contributed by atoms with E-state index in [2.05, 4.69) is 52.0 Å². The minimum absolute atomic E-state index is 0.830. The molecule has 2 aliphatic rings. The first-order valence-corrected chi connectivity index (χ1v) is 10.9. The van der Waals surface area contributed by atoms with E-state index in [4.69, 9.17) is 9.97 Å². The first-order chi connectivity index (χ1) is 14.1. The smallest absolute Gasteiger partial charge is 0.227 e. The van der Waals surface area contributed by atoms with E-state index < -0.39 is 0 Å². The van der Waals surface area contributed by atoms with Crippen LogP contribution in [0.1, 0.15) is 30.2 Å². The lowest BCUT2D eigenvalue weighted by atomic mass is 10.0. The van der Waals surface area contributed by atoms with Crippen LogP contribution in [0.2, 0.25) is 0 Å². The summed E-state index contributed by atoms with van der Waals surface area (Å²) in [5.41, 5.74) is 3.94. The molecule has 2 aliphatic heterocycles. The van der Waals surface area contributed by atoms with Crippen LogP contribution in [0.3, 0.4) is 0 Å². The molecule has 0 aliphatic carbocycles. The highest BCUT2D eigenvalue weighted by Gasteiger charge is 2.27. The second-order valence-corrected chi connectivity index (χ2v) is 8.44. The number of aromatic nitrogens is 2.